The molecule has 0 fully saturated rings. The number of aromatic nitrogens is 2. The monoisotopic (exact) mass is 370 g/mol. The fraction of sp³-hybridized carbons (Fsp3) is 0.167. The molecule has 27 heavy (non-hydrogen) atoms. The van der Waals surface area contributed by atoms with Gasteiger partial charge >= 0.3 is 0 Å². The van der Waals surface area contributed by atoms with Crippen molar-refractivity contribution < 1.29 is 0 Å². The third-order valence-corrected chi connectivity index (χ3v) is 5.63. The van der Waals surface area contributed by atoms with Crippen LogP contribution in [0.2, 0.25) is 5.28 Å². The summed E-state index contributed by atoms with van der Waals surface area (Å²) < 4.78 is 0. The fourth-order valence-electron chi connectivity index (χ4n) is 4.17. The molecule has 1 aromatic heterocycles. The van der Waals surface area contributed by atoms with Gasteiger partial charge in [-0.3, -0.25) is 0 Å². The average molecular weight is 371 g/mol. The Morgan fingerprint density at radius 3 is 2.44 bits per heavy atom. The molecular formula is C24H19ClN2. The summed E-state index contributed by atoms with van der Waals surface area (Å²) in [5.74, 6) is 0. The van der Waals surface area contributed by atoms with Gasteiger partial charge in [0.05, 0.1) is 11.2 Å². The van der Waals surface area contributed by atoms with Crippen molar-refractivity contribution in [3.63, 3.8) is 0 Å². The van der Waals surface area contributed by atoms with Crippen LogP contribution >= 0.6 is 11.6 Å². The van der Waals surface area contributed by atoms with Gasteiger partial charge in [0, 0.05) is 5.39 Å². The normalized spacial score (nSPS) is 16.4. The molecule has 1 heterocycles. The highest BCUT2D eigenvalue weighted by molar-refractivity contribution is 6.28. The Morgan fingerprint density at radius 2 is 1.56 bits per heavy atom. The van der Waals surface area contributed by atoms with Gasteiger partial charge in [0.2, 0.25) is 5.28 Å². The smallest absolute Gasteiger partial charge is 0.218 e. The quantitative estimate of drug-likeness (QED) is 0.605. The largest absolute Gasteiger partial charge is 0.223 e. The number of halogens is 1. The minimum atomic E-state index is 0.311. The summed E-state index contributed by atoms with van der Waals surface area (Å²) in [6.07, 6.45) is 11.1. The van der Waals surface area contributed by atoms with Crippen LogP contribution in [0.4, 0.5) is 0 Å². The summed E-state index contributed by atoms with van der Waals surface area (Å²) in [6.45, 7) is 0. The molecule has 3 aromatic rings. The molecule has 0 radical (unpaired) electrons. The maximum Gasteiger partial charge on any atom is 0.223 e. The van der Waals surface area contributed by atoms with E-state index in [-0.39, 0.29) is 0 Å². The molecular weight excluding hydrogens is 352 g/mol. The molecule has 2 nitrogen and oxygen atoms in total. The number of rotatable bonds is 2. The van der Waals surface area contributed by atoms with Crippen molar-refractivity contribution in [2.24, 2.45) is 0 Å². The lowest BCUT2D eigenvalue weighted by atomic mass is 9.86. The van der Waals surface area contributed by atoms with E-state index in [1.165, 1.54) is 27.2 Å². The molecule has 0 N–H and O–H groups in total. The second-order valence-corrected chi connectivity index (χ2v) is 7.39. The molecule has 0 atom stereocenters. The van der Waals surface area contributed by atoms with Gasteiger partial charge in [0.1, 0.15) is 0 Å². The lowest BCUT2D eigenvalue weighted by Crippen LogP contribution is -2.29. The van der Waals surface area contributed by atoms with Gasteiger partial charge in [-0.1, -0.05) is 60.7 Å². The summed E-state index contributed by atoms with van der Waals surface area (Å²) in [5, 5.41) is 4.13. The lowest BCUT2D eigenvalue weighted by molar-refractivity contribution is 0.964. The zero-order valence-corrected chi connectivity index (χ0v) is 15.7. The number of allylic oxidation sites excluding steroid dienone is 4. The number of hydrogen-bond donors (Lipinski definition) is 0. The molecule has 0 saturated heterocycles. The van der Waals surface area contributed by atoms with Crippen molar-refractivity contribution in [1.82, 2.24) is 9.97 Å². The molecule has 3 heteroatoms. The topological polar surface area (TPSA) is 25.8 Å². The Labute approximate surface area is 163 Å². The average Bonchev–Trinajstić information content (AvgIpc) is 2.73. The molecule has 2 aliphatic carbocycles. The van der Waals surface area contributed by atoms with Crippen molar-refractivity contribution >= 4 is 39.7 Å². The summed E-state index contributed by atoms with van der Waals surface area (Å²) in [4.78, 5) is 8.89. The van der Waals surface area contributed by atoms with Crippen LogP contribution in [0, 0.1) is 0 Å². The first kappa shape index (κ1) is 16.5. The fourth-order valence-corrected chi connectivity index (χ4v) is 4.34. The van der Waals surface area contributed by atoms with Crippen LogP contribution in [-0.4, -0.2) is 9.97 Å². The minimum absolute atomic E-state index is 0.311. The van der Waals surface area contributed by atoms with Gasteiger partial charge in [-0.2, -0.15) is 0 Å². The van der Waals surface area contributed by atoms with E-state index in [0.29, 0.717) is 5.28 Å². The third-order valence-electron chi connectivity index (χ3n) is 5.46. The van der Waals surface area contributed by atoms with Crippen molar-refractivity contribution in [1.29, 1.82) is 0 Å². The van der Waals surface area contributed by atoms with Crippen LogP contribution in [0.5, 0.6) is 0 Å². The van der Waals surface area contributed by atoms with Gasteiger partial charge in [0.15, 0.2) is 0 Å². The second-order valence-electron chi connectivity index (χ2n) is 7.05. The molecule has 5 rings (SSSR count). The highest BCUT2D eigenvalue weighted by Crippen LogP contribution is 2.34. The van der Waals surface area contributed by atoms with Gasteiger partial charge in [-0.15, -0.1) is 0 Å². The first-order chi connectivity index (χ1) is 13.3. The highest BCUT2D eigenvalue weighted by atomic mass is 35.5. The van der Waals surface area contributed by atoms with Crippen LogP contribution < -0.4 is 10.4 Å². The Kier molecular flexibility index (Phi) is 4.14. The van der Waals surface area contributed by atoms with E-state index in [0.717, 1.165) is 42.3 Å². The molecule has 0 aliphatic heterocycles. The Hall–Kier alpha value is -2.71. The maximum absolute atomic E-state index is 6.18. The summed E-state index contributed by atoms with van der Waals surface area (Å²) in [5.41, 5.74) is 6.03. The van der Waals surface area contributed by atoms with Crippen molar-refractivity contribution in [2.45, 2.75) is 25.7 Å². The van der Waals surface area contributed by atoms with Crippen molar-refractivity contribution in [2.75, 3.05) is 0 Å². The van der Waals surface area contributed by atoms with E-state index in [1.807, 2.05) is 18.2 Å². The maximum atomic E-state index is 6.18. The molecule has 0 bridgehead atoms. The van der Waals surface area contributed by atoms with Crippen LogP contribution in [0.25, 0.3) is 28.1 Å². The molecule has 0 amide bonds. The molecule has 132 valence electrons. The van der Waals surface area contributed by atoms with Crippen LogP contribution in [0.15, 0.2) is 66.3 Å². The SMILES string of the molecule is Clc1nc(C2=CC=C(C3=c4ccccc4=CCC3)CC2)c2ccccc2n1. The highest BCUT2D eigenvalue weighted by Gasteiger charge is 2.17. The molecule has 2 aliphatic rings. The van der Waals surface area contributed by atoms with E-state index >= 15 is 0 Å². The van der Waals surface area contributed by atoms with E-state index < -0.39 is 0 Å². The first-order valence-corrected chi connectivity index (χ1v) is 9.78. The zero-order valence-electron chi connectivity index (χ0n) is 15.0. The molecule has 2 aromatic carbocycles. The number of benzene rings is 2. The van der Waals surface area contributed by atoms with E-state index in [1.54, 1.807) is 0 Å². The van der Waals surface area contributed by atoms with Gasteiger partial charge in [-0.25, -0.2) is 9.97 Å². The van der Waals surface area contributed by atoms with E-state index in [9.17, 15) is 0 Å². The van der Waals surface area contributed by atoms with E-state index in [4.69, 9.17) is 11.6 Å². The van der Waals surface area contributed by atoms with Crippen molar-refractivity contribution in [3.05, 3.63) is 87.7 Å². The Morgan fingerprint density at radius 1 is 0.778 bits per heavy atom. The zero-order chi connectivity index (χ0) is 18.2. The van der Waals surface area contributed by atoms with Crippen LogP contribution in [0.1, 0.15) is 31.4 Å². The standard InChI is InChI=1S/C24H19ClN2/c25-24-26-22-11-4-3-9-21(22)23(27-24)18-14-12-17(13-15-18)20-10-5-7-16-6-1-2-8-19(16)20/h1-4,6-9,11-12,14H,5,10,13,15H2. The van der Waals surface area contributed by atoms with Gasteiger partial charge in [0.25, 0.3) is 0 Å². The number of para-hydroxylation sites is 1. The first-order valence-electron chi connectivity index (χ1n) is 9.41. The predicted octanol–water partition coefficient (Wildman–Crippen LogP) is 4.81. The molecule has 0 spiro atoms. The summed E-state index contributed by atoms with van der Waals surface area (Å²) >= 11 is 6.18. The van der Waals surface area contributed by atoms with Gasteiger partial charge < -0.3 is 0 Å². The van der Waals surface area contributed by atoms with Crippen molar-refractivity contribution in [3.8, 4) is 0 Å². The minimum Gasteiger partial charge on any atom is -0.218 e. The number of hydrogen-bond acceptors (Lipinski definition) is 2. The summed E-state index contributed by atoms with van der Waals surface area (Å²) in [7, 11) is 0. The Balaban J connectivity index is 1.61. The molecule has 0 saturated carbocycles. The molecule has 0 unspecified atom stereocenters. The predicted molar refractivity (Wildman–Crippen MR) is 113 cm³/mol. The number of fused-ring (bicyclic) bond motifs is 2. The van der Waals surface area contributed by atoms with Crippen LogP contribution in [0.3, 0.4) is 0 Å². The third kappa shape index (κ3) is 3.00. The lowest BCUT2D eigenvalue weighted by Gasteiger charge is -2.19. The number of nitrogens with zero attached hydrogens (tertiary/aromatic N) is 2. The Bertz CT molecular complexity index is 1230. The summed E-state index contributed by atoms with van der Waals surface area (Å²) in [6, 6.07) is 16.8. The van der Waals surface area contributed by atoms with Gasteiger partial charge in [-0.05, 0) is 70.5 Å². The van der Waals surface area contributed by atoms with Crippen LogP contribution in [-0.2, 0) is 0 Å². The second kappa shape index (κ2) is 6.79. The van der Waals surface area contributed by atoms with E-state index in [2.05, 4.69) is 58.5 Å².